The molecule has 0 aliphatic carbocycles. The molecule has 1 aromatic carbocycles. The maximum absolute atomic E-state index is 12.4. The third kappa shape index (κ3) is 5.91. The van der Waals surface area contributed by atoms with Gasteiger partial charge in [0.15, 0.2) is 0 Å². The van der Waals surface area contributed by atoms with Crippen LogP contribution in [0.2, 0.25) is 0 Å². The number of amides is 2. The topological polar surface area (TPSA) is 188 Å². The molecule has 1 aliphatic rings. The summed E-state index contributed by atoms with van der Waals surface area (Å²) < 4.78 is 32.7. The van der Waals surface area contributed by atoms with Crippen LogP contribution in [0.3, 0.4) is 0 Å². The molecule has 0 fully saturated rings. The summed E-state index contributed by atoms with van der Waals surface area (Å²) in [6.45, 7) is 0.0207. The van der Waals surface area contributed by atoms with Crippen LogP contribution in [-0.2, 0) is 37.7 Å². The normalized spacial score (nSPS) is 15.9. The number of nitrogens with zero attached hydrogens (tertiary/aromatic N) is 1. The number of carboxylic acid groups (broad SMARTS) is 1. The Bertz CT molecular complexity index is 841. The smallest absolute Gasteiger partial charge is 0.357 e. The molecular weight excluding hydrogens is 380 g/mol. The molecule has 27 heavy (non-hydrogen) atoms. The summed E-state index contributed by atoms with van der Waals surface area (Å²) in [7, 11) is -3.00. The Morgan fingerprint density at radius 3 is 2.44 bits per heavy atom. The highest BCUT2D eigenvalue weighted by Gasteiger charge is 2.34. The largest absolute Gasteiger partial charge is 0.481 e. The maximum Gasteiger partial charge on any atom is 0.357 e. The Morgan fingerprint density at radius 2 is 1.89 bits per heavy atom. The average molecular weight is 402 g/mol. The first-order valence-electron chi connectivity index (χ1n) is 7.70. The van der Waals surface area contributed by atoms with Crippen molar-refractivity contribution in [2.45, 2.75) is 31.8 Å². The van der Waals surface area contributed by atoms with E-state index >= 15 is 0 Å². The van der Waals surface area contributed by atoms with E-state index in [1.54, 1.807) is 6.07 Å². The van der Waals surface area contributed by atoms with Crippen LogP contribution < -0.4 is 16.2 Å². The van der Waals surface area contributed by atoms with Gasteiger partial charge in [-0.2, -0.15) is 8.42 Å². The lowest BCUT2D eigenvalue weighted by molar-refractivity contribution is -0.144. The predicted octanol–water partition coefficient (Wildman–Crippen LogP) is -0.0726. The summed E-state index contributed by atoms with van der Waals surface area (Å²) in [5.74, 6) is -1.98. The number of hydrogen-bond acceptors (Lipinski definition) is 6. The molecule has 1 aromatic rings. The average Bonchev–Trinajstić information content (AvgIpc) is 2.56. The molecule has 1 atom stereocenters. The predicted molar refractivity (Wildman–Crippen MR) is 95.6 cm³/mol. The number of fused-ring (bicyclic) bond motifs is 1. The Balaban J connectivity index is 0.00000364. The van der Waals surface area contributed by atoms with E-state index in [1.165, 1.54) is 24.1 Å². The van der Waals surface area contributed by atoms with E-state index in [4.69, 9.17) is 9.66 Å². The molecular formula is C15H22N4O7S. The zero-order valence-electron chi connectivity index (χ0n) is 14.6. The van der Waals surface area contributed by atoms with Gasteiger partial charge in [-0.3, -0.25) is 23.7 Å². The van der Waals surface area contributed by atoms with Crippen molar-refractivity contribution in [3.8, 4) is 0 Å². The third-order valence-corrected chi connectivity index (χ3v) is 4.50. The van der Waals surface area contributed by atoms with Gasteiger partial charge in [-0.25, -0.2) is 0 Å². The van der Waals surface area contributed by atoms with Gasteiger partial charge >= 0.3 is 16.3 Å². The second-order valence-corrected chi connectivity index (χ2v) is 6.96. The van der Waals surface area contributed by atoms with Crippen LogP contribution in [0.1, 0.15) is 24.0 Å². The van der Waals surface area contributed by atoms with Crippen molar-refractivity contribution in [1.82, 2.24) is 16.4 Å². The SMILES string of the molecule is CNC(=O)[C@@H]1Cc2ccc(NS(=O)(=O)O)cc2CN1C(=O)CCC(=O)O.N. The molecule has 0 unspecified atom stereocenters. The fraction of sp³-hybridized carbons (Fsp3) is 0.400. The number of anilines is 1. The number of rotatable bonds is 6. The molecule has 0 radical (unpaired) electrons. The summed E-state index contributed by atoms with van der Waals surface area (Å²) in [4.78, 5) is 36.5. The summed E-state index contributed by atoms with van der Waals surface area (Å²) >= 11 is 0. The minimum Gasteiger partial charge on any atom is -0.481 e. The number of carboxylic acids is 1. The molecule has 2 amide bonds. The minimum absolute atomic E-state index is 0. The summed E-state index contributed by atoms with van der Waals surface area (Å²) in [6, 6.07) is 3.72. The fourth-order valence-corrected chi connectivity index (χ4v) is 3.24. The monoisotopic (exact) mass is 402 g/mol. The van der Waals surface area contributed by atoms with Crippen LogP contribution in [-0.4, -0.2) is 53.9 Å². The van der Waals surface area contributed by atoms with Crippen LogP contribution >= 0.6 is 0 Å². The molecule has 12 heteroatoms. The van der Waals surface area contributed by atoms with E-state index in [0.717, 1.165) is 5.56 Å². The molecule has 1 aliphatic heterocycles. The van der Waals surface area contributed by atoms with Crippen molar-refractivity contribution in [3.05, 3.63) is 29.3 Å². The molecule has 2 rings (SSSR count). The first kappa shape index (κ1) is 22.3. The molecule has 7 N–H and O–H groups in total. The molecule has 11 nitrogen and oxygen atoms in total. The number of aliphatic carboxylic acids is 1. The van der Waals surface area contributed by atoms with Crippen LogP contribution in [0.5, 0.6) is 0 Å². The van der Waals surface area contributed by atoms with Gasteiger partial charge in [-0.15, -0.1) is 0 Å². The van der Waals surface area contributed by atoms with E-state index < -0.39 is 28.2 Å². The maximum atomic E-state index is 12.4. The van der Waals surface area contributed by atoms with Crippen molar-refractivity contribution >= 4 is 33.8 Å². The Kier molecular flexibility index (Phi) is 7.28. The fourth-order valence-electron chi connectivity index (χ4n) is 2.82. The van der Waals surface area contributed by atoms with Gasteiger partial charge in [0.05, 0.1) is 12.1 Å². The summed E-state index contributed by atoms with van der Waals surface area (Å²) in [5, 5.41) is 11.2. The molecule has 0 spiro atoms. The molecule has 0 aromatic heterocycles. The Hall–Kier alpha value is -2.70. The number of benzene rings is 1. The van der Waals surface area contributed by atoms with Crippen molar-refractivity contribution in [2.75, 3.05) is 11.8 Å². The van der Waals surface area contributed by atoms with E-state index in [9.17, 15) is 22.8 Å². The van der Waals surface area contributed by atoms with Crippen molar-refractivity contribution in [1.29, 1.82) is 0 Å². The van der Waals surface area contributed by atoms with Gasteiger partial charge in [0.1, 0.15) is 6.04 Å². The highest BCUT2D eigenvalue weighted by atomic mass is 32.2. The lowest BCUT2D eigenvalue weighted by Crippen LogP contribution is -2.52. The molecule has 150 valence electrons. The zero-order chi connectivity index (χ0) is 19.5. The van der Waals surface area contributed by atoms with Crippen LogP contribution in [0, 0.1) is 0 Å². The highest BCUT2D eigenvalue weighted by molar-refractivity contribution is 7.87. The van der Waals surface area contributed by atoms with Gasteiger partial charge < -0.3 is 21.5 Å². The van der Waals surface area contributed by atoms with E-state index in [-0.39, 0.29) is 43.6 Å². The van der Waals surface area contributed by atoms with Crippen molar-refractivity contribution < 1.29 is 32.5 Å². The van der Waals surface area contributed by atoms with Gasteiger partial charge in [0.2, 0.25) is 11.8 Å². The lowest BCUT2D eigenvalue weighted by Gasteiger charge is -2.36. The molecule has 0 saturated carbocycles. The van der Waals surface area contributed by atoms with Crippen LogP contribution in [0.25, 0.3) is 0 Å². The van der Waals surface area contributed by atoms with E-state index in [0.29, 0.717) is 5.56 Å². The highest BCUT2D eigenvalue weighted by Crippen LogP contribution is 2.27. The summed E-state index contributed by atoms with van der Waals surface area (Å²) in [6.07, 6.45) is -0.395. The summed E-state index contributed by atoms with van der Waals surface area (Å²) in [5.41, 5.74) is 1.46. The third-order valence-electron chi connectivity index (χ3n) is 4.01. The van der Waals surface area contributed by atoms with E-state index in [1.807, 2.05) is 4.72 Å². The van der Waals surface area contributed by atoms with Crippen LogP contribution in [0.4, 0.5) is 5.69 Å². The van der Waals surface area contributed by atoms with Crippen LogP contribution in [0.15, 0.2) is 18.2 Å². The second kappa shape index (κ2) is 8.79. The quantitative estimate of drug-likeness (QED) is 0.409. The molecule has 0 bridgehead atoms. The lowest BCUT2D eigenvalue weighted by atomic mass is 9.92. The number of hydrogen-bond donors (Lipinski definition) is 5. The standard InChI is InChI=1S/C15H19N3O7S.H3N/c1-16-15(22)12-7-9-2-3-11(17-26(23,24)25)6-10(9)8-18(12)13(19)4-5-14(20)21;/h2-3,6,12,17H,4-5,7-8H2,1H3,(H,16,22)(H,20,21)(H,23,24,25);1H3/t12-;/m0./s1. The van der Waals surface area contributed by atoms with Crippen molar-refractivity contribution in [2.24, 2.45) is 0 Å². The Morgan fingerprint density at radius 1 is 1.22 bits per heavy atom. The number of nitrogens with one attached hydrogen (secondary N) is 2. The minimum atomic E-state index is -4.44. The van der Waals surface area contributed by atoms with Gasteiger partial charge in [-0.1, -0.05) is 6.07 Å². The van der Waals surface area contributed by atoms with Gasteiger partial charge in [0, 0.05) is 26.4 Å². The second-order valence-electron chi connectivity index (χ2n) is 5.81. The van der Waals surface area contributed by atoms with Gasteiger partial charge in [0.25, 0.3) is 0 Å². The first-order chi connectivity index (χ1) is 12.1. The number of likely N-dealkylation sites (N-methyl/N-ethyl adjacent to an activating group) is 1. The molecule has 0 saturated heterocycles. The Labute approximate surface area is 156 Å². The molecule has 1 heterocycles. The number of carbonyl (C=O) groups is 3. The first-order valence-corrected chi connectivity index (χ1v) is 9.14. The van der Waals surface area contributed by atoms with E-state index in [2.05, 4.69) is 5.32 Å². The zero-order valence-corrected chi connectivity index (χ0v) is 15.5. The number of carbonyl (C=O) groups excluding carboxylic acids is 2. The van der Waals surface area contributed by atoms with Gasteiger partial charge in [-0.05, 0) is 23.3 Å². The van der Waals surface area contributed by atoms with Crippen molar-refractivity contribution in [3.63, 3.8) is 0 Å².